The van der Waals surface area contributed by atoms with Gasteiger partial charge >= 0.3 is 0 Å². The van der Waals surface area contributed by atoms with E-state index in [4.69, 9.17) is 9.47 Å². The summed E-state index contributed by atoms with van der Waals surface area (Å²) in [5, 5.41) is 11.9. The van der Waals surface area contributed by atoms with Crippen LogP contribution in [0.4, 0.5) is 0 Å². The molecule has 1 saturated heterocycles. The van der Waals surface area contributed by atoms with Crippen molar-refractivity contribution in [2.45, 2.75) is 12.8 Å². The molecule has 0 aromatic carbocycles. The largest absolute Gasteiger partial charge is 0.383 e. The van der Waals surface area contributed by atoms with Gasteiger partial charge in [-0.25, -0.2) is 0 Å². The van der Waals surface area contributed by atoms with Crippen molar-refractivity contribution in [2.75, 3.05) is 47.1 Å². The first kappa shape index (κ1) is 16.4. The van der Waals surface area contributed by atoms with Gasteiger partial charge in [-0.15, -0.1) is 0 Å². The first-order chi connectivity index (χ1) is 9.55. The molecule has 1 aliphatic rings. The van der Waals surface area contributed by atoms with Gasteiger partial charge < -0.3 is 19.7 Å². The number of methoxy groups -OCH3 is 1. The number of ether oxygens (including phenoxy) is 2. The average molecular weight is 283 g/mol. The monoisotopic (exact) mass is 283 g/mol. The molecule has 7 heteroatoms. The molecule has 1 heterocycles. The summed E-state index contributed by atoms with van der Waals surface area (Å²) in [6.45, 7) is 1.55. The molecule has 20 heavy (non-hydrogen) atoms. The predicted molar refractivity (Wildman–Crippen MR) is 70.6 cm³/mol. The first-order valence-corrected chi connectivity index (χ1v) is 6.56. The maximum atomic E-state index is 12.4. The Morgan fingerprint density at radius 3 is 2.65 bits per heavy atom. The molecule has 2 amide bonds. The Hall–Kier alpha value is -1.65. The lowest BCUT2D eigenvalue weighted by molar-refractivity contribution is -0.144. The highest BCUT2D eigenvalue weighted by molar-refractivity contribution is 5.89. The second-order valence-corrected chi connectivity index (χ2v) is 4.81. The third kappa shape index (κ3) is 4.18. The number of rotatable bonds is 6. The zero-order valence-corrected chi connectivity index (χ0v) is 12.0. The van der Waals surface area contributed by atoms with Crippen LogP contribution >= 0.6 is 0 Å². The number of carbonyl (C=O) groups is 2. The lowest BCUT2D eigenvalue weighted by Gasteiger charge is -2.32. The number of nitrogens with one attached hydrogen (secondary N) is 1. The minimum atomic E-state index is -1.06. The van der Waals surface area contributed by atoms with Crippen LogP contribution in [-0.4, -0.2) is 63.8 Å². The van der Waals surface area contributed by atoms with Gasteiger partial charge in [-0.1, -0.05) is 0 Å². The van der Waals surface area contributed by atoms with Crippen LogP contribution in [0.15, 0.2) is 0 Å². The Kier molecular flexibility index (Phi) is 6.42. The molecule has 1 fully saturated rings. The zero-order chi connectivity index (χ0) is 15.0. The van der Waals surface area contributed by atoms with Crippen molar-refractivity contribution in [3.05, 3.63) is 0 Å². The molecule has 1 rings (SSSR count). The fourth-order valence-electron chi connectivity index (χ4n) is 2.09. The van der Waals surface area contributed by atoms with Crippen molar-refractivity contribution in [1.29, 1.82) is 5.26 Å². The van der Waals surface area contributed by atoms with E-state index in [9.17, 15) is 14.9 Å². The van der Waals surface area contributed by atoms with Gasteiger partial charge in [0.2, 0.25) is 11.8 Å². The minimum absolute atomic E-state index is 0.0627. The highest BCUT2D eigenvalue weighted by Crippen LogP contribution is 2.31. The third-order valence-electron chi connectivity index (χ3n) is 3.33. The van der Waals surface area contributed by atoms with E-state index in [0.717, 1.165) is 0 Å². The van der Waals surface area contributed by atoms with Crippen LogP contribution in [0, 0.1) is 16.7 Å². The molecule has 0 radical (unpaired) electrons. The summed E-state index contributed by atoms with van der Waals surface area (Å²) < 4.78 is 10.0. The first-order valence-electron chi connectivity index (χ1n) is 6.56. The molecule has 0 aliphatic carbocycles. The minimum Gasteiger partial charge on any atom is -0.383 e. The molecule has 0 aromatic heterocycles. The summed E-state index contributed by atoms with van der Waals surface area (Å²) in [4.78, 5) is 25.3. The summed E-state index contributed by atoms with van der Waals surface area (Å²) in [6.07, 6.45) is 0.746. The summed E-state index contributed by atoms with van der Waals surface area (Å²) in [5.41, 5.74) is -1.06. The molecular formula is C13H21N3O4. The average Bonchev–Trinajstić information content (AvgIpc) is 2.47. The van der Waals surface area contributed by atoms with E-state index in [-0.39, 0.29) is 18.4 Å². The summed E-state index contributed by atoms with van der Waals surface area (Å²) in [5.74, 6) is -0.580. The fraction of sp³-hybridized carbons (Fsp3) is 0.769. The molecule has 1 N–H and O–H groups in total. The quantitative estimate of drug-likeness (QED) is 0.665. The molecule has 7 nitrogen and oxygen atoms in total. The number of amides is 2. The molecule has 0 aromatic rings. The predicted octanol–water partition coefficient (Wildman–Crippen LogP) is -0.472. The van der Waals surface area contributed by atoms with Gasteiger partial charge in [0.15, 0.2) is 0 Å². The number of carbonyl (C=O) groups excluding carboxylic acids is 2. The summed E-state index contributed by atoms with van der Waals surface area (Å²) in [7, 11) is 3.08. The summed E-state index contributed by atoms with van der Waals surface area (Å²) in [6, 6.07) is 2.10. The number of hydrogen-bond donors (Lipinski definition) is 1. The Bertz CT molecular complexity index is 386. The van der Waals surface area contributed by atoms with E-state index < -0.39 is 5.41 Å². The second-order valence-electron chi connectivity index (χ2n) is 4.81. The van der Waals surface area contributed by atoms with Crippen LogP contribution in [0.5, 0.6) is 0 Å². The zero-order valence-electron chi connectivity index (χ0n) is 12.0. The topological polar surface area (TPSA) is 91.7 Å². The van der Waals surface area contributed by atoms with Crippen molar-refractivity contribution in [3.8, 4) is 6.07 Å². The van der Waals surface area contributed by atoms with Gasteiger partial charge in [0.25, 0.3) is 0 Å². The van der Waals surface area contributed by atoms with Crippen LogP contribution in [-0.2, 0) is 19.1 Å². The van der Waals surface area contributed by atoms with Crippen LogP contribution < -0.4 is 5.32 Å². The molecule has 0 spiro atoms. The molecule has 0 saturated carbocycles. The number of likely N-dealkylation sites (N-methyl/N-ethyl adjacent to an activating group) is 1. The van der Waals surface area contributed by atoms with Crippen molar-refractivity contribution in [1.82, 2.24) is 10.2 Å². The summed E-state index contributed by atoms with van der Waals surface area (Å²) >= 11 is 0. The lowest BCUT2D eigenvalue weighted by Crippen LogP contribution is -2.48. The van der Waals surface area contributed by atoms with Gasteiger partial charge in [-0.2, -0.15) is 5.26 Å². The Labute approximate surface area is 118 Å². The Morgan fingerprint density at radius 1 is 1.45 bits per heavy atom. The standard InChI is InChI=1S/C13H21N3O4/c1-16(9-11(17)15-5-8-19-2)12(18)13(10-14)3-6-20-7-4-13/h3-9H2,1-2H3,(H,15,17). The van der Waals surface area contributed by atoms with Gasteiger partial charge in [0.05, 0.1) is 19.2 Å². The highest BCUT2D eigenvalue weighted by Gasteiger charge is 2.42. The smallest absolute Gasteiger partial charge is 0.243 e. The van der Waals surface area contributed by atoms with E-state index in [1.54, 1.807) is 7.11 Å². The van der Waals surface area contributed by atoms with E-state index in [1.807, 2.05) is 0 Å². The van der Waals surface area contributed by atoms with Gasteiger partial charge in [-0.05, 0) is 12.8 Å². The molecule has 112 valence electrons. The van der Waals surface area contributed by atoms with E-state index in [2.05, 4.69) is 11.4 Å². The van der Waals surface area contributed by atoms with E-state index in [0.29, 0.717) is 39.2 Å². The number of nitriles is 1. The SMILES string of the molecule is COCCNC(=O)CN(C)C(=O)C1(C#N)CCOCC1. The number of hydrogen-bond acceptors (Lipinski definition) is 5. The normalized spacial score (nSPS) is 17.1. The molecule has 0 bridgehead atoms. The molecular weight excluding hydrogens is 262 g/mol. The van der Waals surface area contributed by atoms with Crippen LogP contribution in [0.1, 0.15) is 12.8 Å². The Balaban J connectivity index is 2.53. The molecule has 1 aliphatic heterocycles. The maximum absolute atomic E-state index is 12.4. The Morgan fingerprint density at radius 2 is 2.10 bits per heavy atom. The van der Waals surface area contributed by atoms with Gasteiger partial charge in [-0.3, -0.25) is 9.59 Å². The number of nitrogens with zero attached hydrogens (tertiary/aromatic N) is 2. The van der Waals surface area contributed by atoms with E-state index in [1.165, 1.54) is 11.9 Å². The fourth-order valence-corrected chi connectivity index (χ4v) is 2.09. The van der Waals surface area contributed by atoms with Crippen molar-refractivity contribution < 1.29 is 19.1 Å². The van der Waals surface area contributed by atoms with Crippen molar-refractivity contribution >= 4 is 11.8 Å². The molecule has 0 atom stereocenters. The van der Waals surface area contributed by atoms with Crippen LogP contribution in [0.2, 0.25) is 0 Å². The highest BCUT2D eigenvalue weighted by atomic mass is 16.5. The second kappa shape index (κ2) is 7.82. The molecule has 0 unspecified atom stereocenters. The maximum Gasteiger partial charge on any atom is 0.243 e. The van der Waals surface area contributed by atoms with Crippen molar-refractivity contribution in [3.63, 3.8) is 0 Å². The van der Waals surface area contributed by atoms with Gasteiger partial charge in [0.1, 0.15) is 5.41 Å². The van der Waals surface area contributed by atoms with Crippen molar-refractivity contribution in [2.24, 2.45) is 5.41 Å². The lowest BCUT2D eigenvalue weighted by atomic mass is 9.80. The van der Waals surface area contributed by atoms with Crippen LogP contribution in [0.25, 0.3) is 0 Å². The van der Waals surface area contributed by atoms with Crippen LogP contribution in [0.3, 0.4) is 0 Å². The van der Waals surface area contributed by atoms with Gasteiger partial charge in [0, 0.05) is 33.9 Å². The van der Waals surface area contributed by atoms with E-state index >= 15 is 0 Å². The third-order valence-corrected chi connectivity index (χ3v) is 3.33.